The fourth-order valence-electron chi connectivity index (χ4n) is 12.4. The molecule has 3 aromatic heterocycles. The van der Waals surface area contributed by atoms with Crippen molar-refractivity contribution in [1.29, 1.82) is 0 Å². The Morgan fingerprint density at radius 1 is 0.915 bits per heavy atom. The number of aromatic hydroxyl groups is 1. The van der Waals surface area contributed by atoms with Crippen LogP contribution in [0.1, 0.15) is 134 Å². The van der Waals surface area contributed by atoms with Crippen molar-refractivity contribution in [3.05, 3.63) is 88.7 Å². The van der Waals surface area contributed by atoms with E-state index in [0.717, 1.165) is 99.0 Å². The lowest BCUT2D eigenvalue weighted by Gasteiger charge is -2.35. The van der Waals surface area contributed by atoms with Crippen LogP contribution in [0, 0.1) is 36.3 Å². The Morgan fingerprint density at radius 2 is 1.63 bits per heavy atom. The van der Waals surface area contributed by atoms with E-state index in [9.17, 15) is 24.6 Å². The van der Waals surface area contributed by atoms with Gasteiger partial charge in [0.2, 0.25) is 17.7 Å². The largest absolute Gasteiger partial charge is 0.508 e. The number of aryl methyl sites for hydroxylation is 1. The van der Waals surface area contributed by atoms with Crippen LogP contribution in [0.5, 0.6) is 11.8 Å². The number of pyridine rings is 1. The minimum Gasteiger partial charge on any atom is -0.508 e. The summed E-state index contributed by atoms with van der Waals surface area (Å²) in [5, 5.41) is 32.3. The average Bonchev–Trinajstić information content (AvgIpc) is 4.33. The molecule has 434 valence electrons. The number of nitrogens with one attached hydrogen (secondary N) is 3. The quantitative estimate of drug-likeness (QED) is 0.0338. The number of aliphatic hydroxyl groups excluding tert-OH is 1. The second-order valence-corrected chi connectivity index (χ2v) is 24.9. The van der Waals surface area contributed by atoms with Crippen LogP contribution in [0.3, 0.4) is 0 Å². The number of benzene rings is 3. The van der Waals surface area contributed by atoms with Gasteiger partial charge in [-0.15, -0.1) is 17.8 Å². The molecule has 0 saturated carbocycles. The van der Waals surface area contributed by atoms with Crippen molar-refractivity contribution < 1.29 is 38.1 Å². The monoisotopic (exact) mass is 1140 g/mol. The highest BCUT2D eigenvalue weighted by Crippen LogP contribution is 2.40. The van der Waals surface area contributed by atoms with Gasteiger partial charge < -0.3 is 40.7 Å². The average molecular weight is 1140 g/mol. The molecule has 4 aliphatic heterocycles. The smallest absolute Gasteiger partial charge is 0.319 e. The number of carbonyl (C=O) groups is 3. The molecule has 3 amide bonds. The summed E-state index contributed by atoms with van der Waals surface area (Å²) in [5.41, 5.74) is 4.13. The second kappa shape index (κ2) is 25.3. The van der Waals surface area contributed by atoms with Crippen LogP contribution < -0.4 is 25.6 Å². The molecule has 4 aliphatic rings. The fraction of sp³-hybridized carbons (Fsp3) is 0.508. The molecule has 0 spiro atoms. The normalized spacial score (nSPS) is 20.8. The molecule has 4 fully saturated rings. The van der Waals surface area contributed by atoms with Crippen molar-refractivity contribution >= 4 is 56.6 Å². The van der Waals surface area contributed by atoms with E-state index in [1.54, 1.807) is 17.5 Å². The second-order valence-electron chi connectivity index (χ2n) is 24.0. The minimum atomic E-state index is -0.873. The van der Waals surface area contributed by atoms with Crippen molar-refractivity contribution in [2.75, 3.05) is 44.2 Å². The lowest BCUT2D eigenvalue weighted by Crippen LogP contribution is -2.57. The number of aliphatic hydroxyl groups is 1. The molecule has 6 aromatic rings. The molecule has 7 atom stereocenters. The Labute approximate surface area is 482 Å². The van der Waals surface area contributed by atoms with E-state index < -0.39 is 35.2 Å². The zero-order valence-corrected chi connectivity index (χ0v) is 48.5. The molecule has 2 unspecified atom stereocenters. The number of phenols is 1. The number of thiazole rings is 1. The lowest BCUT2D eigenvalue weighted by atomic mass is 9.85. The number of β-amino-alcohol motifs (C(OH)–C–C–N with tert-alkyl or cyclic N) is 1. The number of piperazine rings is 1. The van der Waals surface area contributed by atoms with E-state index in [1.165, 1.54) is 29.2 Å². The van der Waals surface area contributed by atoms with Gasteiger partial charge in [0.25, 0.3) is 0 Å². The molecule has 0 aliphatic carbocycles. The number of terminal acetylenes is 1. The van der Waals surface area contributed by atoms with Crippen LogP contribution in [0.2, 0.25) is 0 Å². The maximum absolute atomic E-state index is 17.1. The lowest BCUT2D eigenvalue weighted by molar-refractivity contribution is -0.144. The number of hydrogen-bond acceptors (Lipinski definition) is 14. The van der Waals surface area contributed by atoms with Gasteiger partial charge >= 0.3 is 6.01 Å². The number of carbonyl (C=O) groups excluding carboxylic acids is 3. The number of amides is 3. The molecule has 10 rings (SSSR count). The van der Waals surface area contributed by atoms with Gasteiger partial charge in [-0.05, 0) is 92.6 Å². The van der Waals surface area contributed by atoms with Gasteiger partial charge in [0, 0.05) is 74.8 Å². The summed E-state index contributed by atoms with van der Waals surface area (Å²) in [7, 11) is 0. The number of fused-ring (bicyclic) bond motifs is 4. The molecule has 4 saturated heterocycles. The van der Waals surface area contributed by atoms with Crippen LogP contribution >= 0.6 is 11.3 Å². The van der Waals surface area contributed by atoms with Crippen LogP contribution in [-0.2, 0) is 14.4 Å². The van der Waals surface area contributed by atoms with Gasteiger partial charge in [-0.25, -0.2) is 13.8 Å². The standard InChI is InChI=1S/C63H76F2N10O6S/c1-7-47-50(64)24-21-41-28-44(76)29-48(53(41)47)55-54(65)56-49(31-66-55)59(74-32-42-22-23-43(33-74)69-42)72-62(71-56)81-46-25-27-73(35-46)26-15-13-11-9-8-10-12-14-16-52(78)70-58(63(4,5)6)61(80)75-34-45(77)30-51(75)60(79)68-37(2)39-17-19-40(20-18-39)57-38(3)67-36-82-57/h1,17-21,24,28-29,31,36-37,42-43,45-46,51,58,69,76-77H,8-16,22-23,25-27,30,32-35H2,2-6H3,(H,68,79)(H,70,78)/t37-,42?,43?,45+,46-,51-,58+/m0/s1. The van der Waals surface area contributed by atoms with E-state index in [4.69, 9.17) is 16.1 Å². The molecular weight excluding hydrogens is 1060 g/mol. The van der Waals surface area contributed by atoms with Gasteiger partial charge in [0.15, 0.2) is 5.82 Å². The summed E-state index contributed by atoms with van der Waals surface area (Å²) in [6, 6.07) is 12.1. The molecule has 3 aromatic carbocycles. The van der Waals surface area contributed by atoms with Gasteiger partial charge in [0.05, 0.1) is 39.2 Å². The van der Waals surface area contributed by atoms with Crippen molar-refractivity contribution in [3.63, 3.8) is 0 Å². The maximum Gasteiger partial charge on any atom is 0.319 e. The van der Waals surface area contributed by atoms with Crippen molar-refractivity contribution in [3.8, 4) is 45.8 Å². The van der Waals surface area contributed by atoms with Gasteiger partial charge in [-0.3, -0.25) is 24.3 Å². The minimum absolute atomic E-state index is 0.0164. The number of likely N-dealkylation sites (tertiary alicyclic amines) is 2. The highest BCUT2D eigenvalue weighted by atomic mass is 32.1. The topological polar surface area (TPSA) is 198 Å². The van der Waals surface area contributed by atoms with E-state index >= 15 is 8.78 Å². The highest BCUT2D eigenvalue weighted by Gasteiger charge is 2.45. The van der Waals surface area contributed by atoms with E-state index in [-0.39, 0.29) is 94.4 Å². The molecule has 2 bridgehead atoms. The summed E-state index contributed by atoms with van der Waals surface area (Å²) >= 11 is 1.58. The first-order chi connectivity index (χ1) is 39.4. The van der Waals surface area contributed by atoms with Gasteiger partial charge in [-0.1, -0.05) is 95.5 Å². The van der Waals surface area contributed by atoms with Crippen LogP contribution in [0.15, 0.2) is 60.2 Å². The predicted molar refractivity (Wildman–Crippen MR) is 315 cm³/mol. The first-order valence-electron chi connectivity index (χ1n) is 29.2. The predicted octanol–water partition coefficient (Wildman–Crippen LogP) is 9.52. The molecular formula is C63H76F2N10O6S. The van der Waals surface area contributed by atoms with Crippen LogP contribution in [0.25, 0.3) is 43.4 Å². The number of rotatable bonds is 21. The Bertz CT molecular complexity index is 3340. The molecule has 82 heavy (non-hydrogen) atoms. The molecule has 19 heteroatoms. The number of aromatic nitrogens is 4. The van der Waals surface area contributed by atoms with Gasteiger partial charge in [0.1, 0.15) is 46.8 Å². The summed E-state index contributed by atoms with van der Waals surface area (Å²) < 4.78 is 38.6. The summed E-state index contributed by atoms with van der Waals surface area (Å²) in [5.74, 6) is 0.518. The van der Waals surface area contributed by atoms with Crippen molar-refractivity contribution in [2.24, 2.45) is 5.41 Å². The Kier molecular flexibility index (Phi) is 18.0. The molecule has 16 nitrogen and oxygen atoms in total. The number of unbranched alkanes of at least 4 members (excludes halogenated alkanes) is 7. The third-order valence-corrected chi connectivity index (χ3v) is 17.8. The first-order valence-corrected chi connectivity index (χ1v) is 30.1. The zero-order valence-electron chi connectivity index (χ0n) is 47.6. The summed E-state index contributed by atoms with van der Waals surface area (Å²) in [6.07, 6.45) is 17.5. The third-order valence-electron chi connectivity index (χ3n) is 16.8. The Hall–Kier alpha value is -6.85. The number of nitrogens with zero attached hydrogens (tertiary/aromatic N) is 7. The molecule has 0 radical (unpaired) electrons. The van der Waals surface area contributed by atoms with E-state index in [0.29, 0.717) is 49.1 Å². The van der Waals surface area contributed by atoms with Gasteiger partial charge in [-0.2, -0.15) is 9.97 Å². The third kappa shape index (κ3) is 13.2. The van der Waals surface area contributed by atoms with Crippen LogP contribution in [0.4, 0.5) is 14.6 Å². The van der Waals surface area contributed by atoms with E-state index in [2.05, 4.69) is 46.6 Å². The number of ether oxygens (including phenoxy) is 1. The number of phenolic OH excluding ortho intramolecular Hbond substituents is 1. The molecule has 7 heterocycles. The van der Waals surface area contributed by atoms with Crippen molar-refractivity contribution in [2.45, 2.75) is 161 Å². The Balaban J connectivity index is 0.662. The number of halogens is 2. The molecule has 5 N–H and O–H groups in total. The number of hydrogen-bond donors (Lipinski definition) is 5. The fourth-order valence-corrected chi connectivity index (χ4v) is 13.2. The Morgan fingerprint density at radius 3 is 2.33 bits per heavy atom. The summed E-state index contributed by atoms with van der Waals surface area (Å²) in [4.78, 5) is 66.9. The summed E-state index contributed by atoms with van der Waals surface area (Å²) in [6.45, 7) is 13.4. The zero-order chi connectivity index (χ0) is 57.8. The van der Waals surface area contributed by atoms with Crippen molar-refractivity contribution in [1.82, 2.24) is 45.7 Å². The number of anilines is 1. The van der Waals surface area contributed by atoms with Crippen LogP contribution in [-0.4, -0.2) is 133 Å². The highest BCUT2D eigenvalue weighted by molar-refractivity contribution is 7.13. The maximum atomic E-state index is 17.1. The van der Waals surface area contributed by atoms with E-state index in [1.807, 2.05) is 64.4 Å². The SMILES string of the molecule is C#Cc1c(F)ccc2cc(O)cc(-c3ncc4c(N5CC6CCC(C5)N6)nc(O[C@H]5CCN(CCCCCCCCCCC(=O)N[C@H](C(=O)N6C[C@H](O)C[C@H]6C(=O)N[C@@H](C)c6ccc(-c7scnc7C)cc6)C(C)(C)C)C5)nc4c3F)c12. The first kappa shape index (κ1) is 58.4.